The van der Waals surface area contributed by atoms with Gasteiger partial charge in [-0.25, -0.2) is 4.99 Å². The lowest BCUT2D eigenvalue weighted by molar-refractivity contribution is -0.384. The number of non-ortho nitro benzene ring substituents is 1. The number of thioether (sulfide) groups is 1. The first-order valence-electron chi connectivity index (χ1n) is 10.4. The van der Waals surface area contributed by atoms with E-state index in [-0.39, 0.29) is 22.1 Å². The number of para-hydroxylation sites is 2. The van der Waals surface area contributed by atoms with Gasteiger partial charge in [0.05, 0.1) is 32.5 Å². The summed E-state index contributed by atoms with van der Waals surface area (Å²) < 4.78 is 0. The van der Waals surface area contributed by atoms with E-state index < -0.39 is 10.8 Å². The van der Waals surface area contributed by atoms with Gasteiger partial charge in [0.1, 0.15) is 0 Å². The number of nitro benzene ring substituents is 1. The second kappa shape index (κ2) is 8.27. The second-order valence-electron chi connectivity index (χ2n) is 7.79. The number of nitro groups is 1. The van der Waals surface area contributed by atoms with E-state index in [4.69, 9.17) is 0 Å². The van der Waals surface area contributed by atoms with E-state index in [9.17, 15) is 19.7 Å². The molecule has 2 aliphatic rings. The zero-order chi connectivity index (χ0) is 24.0. The Labute approximate surface area is 199 Å². The Bertz CT molecular complexity index is 1420. The summed E-state index contributed by atoms with van der Waals surface area (Å²) in [6, 6.07) is 21.1. The third kappa shape index (κ3) is 3.46. The quantitative estimate of drug-likeness (QED) is 0.303. The first-order valence-corrected chi connectivity index (χ1v) is 11.2. The Morgan fingerprint density at radius 1 is 0.941 bits per heavy atom. The fraction of sp³-hybridized carbons (Fsp3) is 0.0800. The van der Waals surface area contributed by atoms with E-state index in [0.717, 1.165) is 11.8 Å². The molecule has 0 aromatic heterocycles. The van der Waals surface area contributed by atoms with Gasteiger partial charge in [0.25, 0.3) is 17.5 Å². The van der Waals surface area contributed by atoms with Crippen molar-refractivity contribution in [3.05, 3.63) is 98.9 Å². The Morgan fingerprint density at radius 3 is 2.24 bits per heavy atom. The van der Waals surface area contributed by atoms with Gasteiger partial charge in [0, 0.05) is 24.7 Å². The molecular weight excluding hydrogens is 452 g/mol. The van der Waals surface area contributed by atoms with Crippen LogP contribution < -0.4 is 9.80 Å². The van der Waals surface area contributed by atoms with Crippen LogP contribution in [0.15, 0.2) is 82.7 Å². The van der Waals surface area contributed by atoms with Gasteiger partial charge >= 0.3 is 0 Å². The van der Waals surface area contributed by atoms with Gasteiger partial charge < -0.3 is 4.90 Å². The Balaban J connectivity index is 1.73. The van der Waals surface area contributed by atoms with Crippen molar-refractivity contribution in [2.45, 2.75) is 6.92 Å². The van der Waals surface area contributed by atoms with Crippen molar-refractivity contribution in [1.82, 2.24) is 0 Å². The maximum Gasteiger partial charge on any atom is 0.272 e. The fourth-order valence-corrected chi connectivity index (χ4v) is 5.21. The summed E-state index contributed by atoms with van der Waals surface area (Å²) in [7, 11) is 1.60. The molecule has 1 saturated heterocycles. The van der Waals surface area contributed by atoms with Crippen LogP contribution >= 0.6 is 11.8 Å². The summed E-state index contributed by atoms with van der Waals surface area (Å²) in [5.74, 6) is -0.789. The van der Waals surface area contributed by atoms with Gasteiger partial charge in [-0.2, -0.15) is 0 Å². The summed E-state index contributed by atoms with van der Waals surface area (Å²) in [6.07, 6.45) is 0. The van der Waals surface area contributed by atoms with Crippen LogP contribution in [0.2, 0.25) is 0 Å². The number of benzene rings is 3. The molecule has 0 saturated carbocycles. The van der Waals surface area contributed by atoms with Crippen molar-refractivity contribution >= 4 is 57.1 Å². The van der Waals surface area contributed by atoms with E-state index in [2.05, 4.69) is 4.99 Å². The number of hydrogen-bond acceptors (Lipinski definition) is 6. The molecule has 0 aliphatic carbocycles. The molecular formula is C25H18N4O4S. The topological polar surface area (TPSA) is 96.1 Å². The van der Waals surface area contributed by atoms with E-state index in [1.54, 1.807) is 26.1 Å². The third-order valence-electron chi connectivity index (χ3n) is 5.62. The number of aryl methyl sites for hydroxylation is 1. The number of amides is 2. The maximum atomic E-state index is 13.7. The van der Waals surface area contributed by atoms with Crippen LogP contribution in [0.25, 0.3) is 5.57 Å². The van der Waals surface area contributed by atoms with Gasteiger partial charge in [0.2, 0.25) is 0 Å². The van der Waals surface area contributed by atoms with Crippen molar-refractivity contribution in [3.63, 3.8) is 0 Å². The van der Waals surface area contributed by atoms with E-state index in [0.29, 0.717) is 33.4 Å². The molecule has 1 fully saturated rings. The van der Waals surface area contributed by atoms with Gasteiger partial charge in [-0.3, -0.25) is 24.6 Å². The highest BCUT2D eigenvalue weighted by Gasteiger charge is 2.43. The van der Waals surface area contributed by atoms with Crippen molar-refractivity contribution < 1.29 is 14.5 Å². The fourth-order valence-electron chi connectivity index (χ4n) is 4.12. The normalized spacial score (nSPS) is 18.7. The van der Waals surface area contributed by atoms with Gasteiger partial charge in [-0.15, -0.1) is 0 Å². The van der Waals surface area contributed by atoms with Crippen LogP contribution in [-0.2, 0) is 9.59 Å². The summed E-state index contributed by atoms with van der Waals surface area (Å²) in [5, 5.41) is 11.9. The lowest BCUT2D eigenvalue weighted by Crippen LogP contribution is -2.29. The highest BCUT2D eigenvalue weighted by Crippen LogP contribution is 2.47. The number of likely N-dealkylation sites (N-methyl/N-ethyl adjacent to an activating group) is 1. The van der Waals surface area contributed by atoms with Crippen LogP contribution in [0, 0.1) is 17.0 Å². The zero-order valence-electron chi connectivity index (χ0n) is 18.3. The van der Waals surface area contributed by atoms with Crippen LogP contribution in [0.1, 0.15) is 11.1 Å². The number of rotatable bonds is 3. The molecule has 0 unspecified atom stereocenters. The predicted molar refractivity (Wildman–Crippen MR) is 133 cm³/mol. The van der Waals surface area contributed by atoms with Gasteiger partial charge in [-0.1, -0.05) is 36.4 Å². The predicted octanol–water partition coefficient (Wildman–Crippen LogP) is 5.06. The summed E-state index contributed by atoms with van der Waals surface area (Å²) >= 11 is 1.09. The summed E-state index contributed by atoms with van der Waals surface area (Å²) in [4.78, 5) is 45.8. The van der Waals surface area contributed by atoms with Gasteiger partial charge in [0.15, 0.2) is 5.17 Å². The summed E-state index contributed by atoms with van der Waals surface area (Å²) in [5.41, 5.74) is 2.81. The maximum absolute atomic E-state index is 13.7. The number of hydrogen-bond donors (Lipinski definition) is 0. The Hall–Kier alpha value is -4.24. The molecule has 168 valence electrons. The van der Waals surface area contributed by atoms with Crippen LogP contribution in [0.5, 0.6) is 0 Å². The molecule has 8 nitrogen and oxygen atoms in total. The first kappa shape index (κ1) is 21.6. The molecule has 0 atom stereocenters. The average molecular weight is 471 g/mol. The van der Waals surface area contributed by atoms with E-state index >= 15 is 0 Å². The highest BCUT2D eigenvalue weighted by molar-refractivity contribution is 8.19. The lowest BCUT2D eigenvalue weighted by Gasteiger charge is -2.15. The molecule has 5 rings (SSSR count). The minimum absolute atomic E-state index is 0.133. The second-order valence-corrected chi connectivity index (χ2v) is 8.77. The number of nitrogens with zero attached hydrogens (tertiary/aromatic N) is 4. The minimum atomic E-state index is -0.499. The molecule has 0 N–H and O–H groups in total. The Kier molecular flexibility index (Phi) is 5.25. The number of anilines is 2. The smallest absolute Gasteiger partial charge is 0.272 e. The molecule has 2 amide bonds. The largest absolute Gasteiger partial charge is 0.310 e. The Morgan fingerprint density at radius 2 is 1.59 bits per heavy atom. The molecule has 0 bridgehead atoms. The molecule has 34 heavy (non-hydrogen) atoms. The third-order valence-corrected chi connectivity index (χ3v) is 6.66. The lowest BCUT2D eigenvalue weighted by atomic mass is 10.0. The van der Waals surface area contributed by atoms with Gasteiger partial charge in [-0.05, 0) is 48.5 Å². The van der Waals surface area contributed by atoms with Crippen LogP contribution in [0.4, 0.5) is 22.7 Å². The number of aliphatic imine (C=N–C) groups is 1. The molecule has 2 heterocycles. The number of amidine groups is 1. The molecule has 2 aliphatic heterocycles. The standard InChI is InChI=1S/C25H18N4O4S/c1-15-13-18(29(32)33)14-19-20(23(30)27(2)21(15)19)22-24(31)28(17-11-7-4-8-12-17)25(34-22)26-16-9-5-3-6-10-16/h3-14H,1-2H3/b22-20-,26-25?. The van der Waals surface area contributed by atoms with Crippen LogP contribution in [0.3, 0.4) is 0 Å². The SMILES string of the molecule is Cc1cc([N+](=O)[O-])cc2c1N(C)C(=O)/C2=C1\SC(=Nc2ccccc2)N(c2ccccc2)C1=O. The van der Waals surface area contributed by atoms with Crippen molar-refractivity contribution in [2.24, 2.45) is 4.99 Å². The highest BCUT2D eigenvalue weighted by atomic mass is 32.2. The van der Waals surface area contributed by atoms with E-state index in [1.165, 1.54) is 21.9 Å². The van der Waals surface area contributed by atoms with Crippen molar-refractivity contribution in [1.29, 1.82) is 0 Å². The average Bonchev–Trinajstić information content (AvgIpc) is 3.27. The summed E-state index contributed by atoms with van der Waals surface area (Å²) in [6.45, 7) is 1.71. The number of carbonyl (C=O) groups excluding carboxylic acids is 2. The molecule has 3 aromatic carbocycles. The zero-order valence-corrected chi connectivity index (χ0v) is 19.1. The van der Waals surface area contributed by atoms with E-state index in [1.807, 2.05) is 48.5 Å². The van der Waals surface area contributed by atoms with Crippen molar-refractivity contribution in [2.75, 3.05) is 16.8 Å². The van der Waals surface area contributed by atoms with Crippen molar-refractivity contribution in [3.8, 4) is 0 Å². The number of carbonyl (C=O) groups is 2. The van der Waals surface area contributed by atoms with Crippen LogP contribution in [-0.4, -0.2) is 29.0 Å². The number of fused-ring (bicyclic) bond motifs is 1. The molecule has 0 spiro atoms. The first-order chi connectivity index (χ1) is 16.4. The monoisotopic (exact) mass is 470 g/mol. The molecule has 3 aromatic rings. The molecule has 9 heteroatoms. The minimum Gasteiger partial charge on any atom is -0.310 e. The molecule has 0 radical (unpaired) electrons.